The first kappa shape index (κ1) is 19.8. The first-order valence-corrected chi connectivity index (χ1v) is 8.93. The van der Waals surface area contributed by atoms with Gasteiger partial charge in [0.2, 0.25) is 5.78 Å². The van der Waals surface area contributed by atoms with Crippen LogP contribution < -0.4 is 5.43 Å². The van der Waals surface area contributed by atoms with Crippen molar-refractivity contribution in [2.75, 3.05) is 7.11 Å². The normalized spacial score (nSPS) is 11.8. The van der Waals surface area contributed by atoms with Crippen LogP contribution in [0.3, 0.4) is 0 Å². The van der Waals surface area contributed by atoms with Gasteiger partial charge in [-0.2, -0.15) is 5.10 Å². The summed E-state index contributed by atoms with van der Waals surface area (Å²) in [5, 5.41) is 4.44. The van der Waals surface area contributed by atoms with E-state index in [1.54, 1.807) is 6.07 Å². The Labute approximate surface area is 168 Å². The summed E-state index contributed by atoms with van der Waals surface area (Å²) >= 11 is 0. The van der Waals surface area contributed by atoms with Crippen LogP contribution in [-0.4, -0.2) is 24.6 Å². The van der Waals surface area contributed by atoms with Gasteiger partial charge in [-0.25, -0.2) is 4.79 Å². The Morgan fingerprint density at radius 3 is 2.38 bits per heavy atom. The molecule has 0 fully saturated rings. The average Bonchev–Trinajstić information content (AvgIpc) is 3.29. The summed E-state index contributed by atoms with van der Waals surface area (Å²) in [6.45, 7) is 1.98. The SMILES string of the molecule is COC(=O)C(=CC(=O)c1ccco1)NN=C(c1ccccc1)c1ccccc1C. The van der Waals surface area contributed by atoms with E-state index >= 15 is 0 Å². The van der Waals surface area contributed by atoms with Crippen molar-refractivity contribution < 1.29 is 18.7 Å². The number of nitrogens with one attached hydrogen (secondary N) is 1. The summed E-state index contributed by atoms with van der Waals surface area (Å²) in [4.78, 5) is 24.5. The number of nitrogens with zero attached hydrogens (tertiary/aromatic N) is 1. The number of ether oxygens (including phenoxy) is 1. The highest BCUT2D eigenvalue weighted by molar-refractivity contribution is 6.14. The number of esters is 1. The molecule has 3 rings (SSSR count). The molecule has 6 nitrogen and oxygen atoms in total. The van der Waals surface area contributed by atoms with Gasteiger partial charge in [0.1, 0.15) is 5.70 Å². The van der Waals surface area contributed by atoms with E-state index in [-0.39, 0.29) is 11.5 Å². The molecule has 1 heterocycles. The predicted molar refractivity (Wildman–Crippen MR) is 110 cm³/mol. The Morgan fingerprint density at radius 2 is 1.72 bits per heavy atom. The molecule has 0 aliphatic rings. The van der Waals surface area contributed by atoms with Gasteiger partial charge in [0.25, 0.3) is 0 Å². The number of hydrazone groups is 1. The number of aryl methyl sites for hydroxylation is 1. The standard InChI is InChI=1S/C23H20N2O4/c1-16-9-6-7-12-18(16)22(17-10-4-3-5-11-17)25-24-19(23(27)28-2)15-20(26)21-13-8-14-29-21/h3-15,24H,1-2H3. The van der Waals surface area contributed by atoms with Gasteiger partial charge in [0.15, 0.2) is 5.76 Å². The maximum absolute atomic E-state index is 12.3. The van der Waals surface area contributed by atoms with Crippen LogP contribution in [0.15, 0.2) is 94.3 Å². The number of rotatable bonds is 7. The van der Waals surface area contributed by atoms with Crippen molar-refractivity contribution in [3.63, 3.8) is 0 Å². The number of ketones is 1. The zero-order valence-corrected chi connectivity index (χ0v) is 16.1. The van der Waals surface area contributed by atoms with E-state index in [1.165, 1.54) is 19.4 Å². The van der Waals surface area contributed by atoms with E-state index < -0.39 is 11.8 Å². The van der Waals surface area contributed by atoms with Crippen molar-refractivity contribution in [2.45, 2.75) is 6.92 Å². The van der Waals surface area contributed by atoms with Crippen LogP contribution in [0, 0.1) is 6.92 Å². The first-order valence-electron chi connectivity index (χ1n) is 8.93. The molecule has 2 aromatic carbocycles. The van der Waals surface area contributed by atoms with Crippen LogP contribution in [0.5, 0.6) is 0 Å². The summed E-state index contributed by atoms with van der Waals surface area (Å²) in [6, 6.07) is 20.4. The van der Waals surface area contributed by atoms with Gasteiger partial charge in [-0.1, -0.05) is 54.6 Å². The summed E-state index contributed by atoms with van der Waals surface area (Å²) in [6.07, 6.45) is 2.49. The number of carbonyl (C=O) groups excluding carboxylic acids is 2. The summed E-state index contributed by atoms with van der Waals surface area (Å²) in [7, 11) is 1.23. The third-order valence-electron chi connectivity index (χ3n) is 4.18. The molecule has 0 aliphatic heterocycles. The highest BCUT2D eigenvalue weighted by atomic mass is 16.5. The quantitative estimate of drug-likeness (QED) is 0.218. The molecular formula is C23H20N2O4. The van der Waals surface area contributed by atoms with Crippen molar-refractivity contribution in [1.82, 2.24) is 5.43 Å². The van der Waals surface area contributed by atoms with E-state index in [0.717, 1.165) is 22.8 Å². The Bertz CT molecular complexity index is 1050. The molecule has 0 unspecified atom stereocenters. The molecule has 1 N–H and O–H groups in total. The zero-order valence-electron chi connectivity index (χ0n) is 16.1. The summed E-state index contributed by atoms with van der Waals surface area (Å²) in [5.41, 5.74) is 6.00. The fourth-order valence-electron chi connectivity index (χ4n) is 2.70. The largest absolute Gasteiger partial charge is 0.464 e. The third-order valence-corrected chi connectivity index (χ3v) is 4.18. The van der Waals surface area contributed by atoms with Crippen LogP contribution in [0.25, 0.3) is 0 Å². The molecule has 6 heteroatoms. The van der Waals surface area contributed by atoms with Crippen LogP contribution in [-0.2, 0) is 9.53 Å². The predicted octanol–water partition coefficient (Wildman–Crippen LogP) is 3.87. The molecule has 29 heavy (non-hydrogen) atoms. The first-order chi connectivity index (χ1) is 14.1. The maximum Gasteiger partial charge on any atom is 0.356 e. The van der Waals surface area contributed by atoms with Gasteiger partial charge in [-0.15, -0.1) is 0 Å². The molecule has 0 saturated carbocycles. The van der Waals surface area contributed by atoms with Gasteiger partial charge >= 0.3 is 5.97 Å². The summed E-state index contributed by atoms with van der Waals surface area (Å²) < 4.78 is 9.86. The lowest BCUT2D eigenvalue weighted by Gasteiger charge is -2.11. The van der Waals surface area contributed by atoms with Crippen molar-refractivity contribution in [2.24, 2.45) is 5.10 Å². The van der Waals surface area contributed by atoms with Crippen LogP contribution in [0.2, 0.25) is 0 Å². The van der Waals surface area contributed by atoms with Gasteiger partial charge < -0.3 is 9.15 Å². The van der Waals surface area contributed by atoms with E-state index in [0.29, 0.717) is 5.71 Å². The van der Waals surface area contributed by atoms with Crippen LogP contribution in [0.1, 0.15) is 27.2 Å². The minimum absolute atomic E-state index is 0.101. The van der Waals surface area contributed by atoms with Crippen LogP contribution in [0.4, 0.5) is 0 Å². The Hall–Kier alpha value is -3.93. The second-order valence-electron chi connectivity index (χ2n) is 6.14. The van der Waals surface area contributed by atoms with Gasteiger partial charge in [0, 0.05) is 17.2 Å². The molecule has 0 aliphatic carbocycles. The number of allylic oxidation sites excluding steroid dienone is 1. The van der Waals surface area contributed by atoms with E-state index in [9.17, 15) is 9.59 Å². The smallest absolute Gasteiger partial charge is 0.356 e. The van der Waals surface area contributed by atoms with Gasteiger partial charge in [-0.05, 0) is 24.6 Å². The molecule has 0 saturated heterocycles. The van der Waals surface area contributed by atoms with Gasteiger partial charge in [0.05, 0.1) is 19.1 Å². The lowest BCUT2D eigenvalue weighted by Crippen LogP contribution is -2.21. The lowest BCUT2D eigenvalue weighted by molar-refractivity contribution is -0.136. The highest BCUT2D eigenvalue weighted by Gasteiger charge is 2.16. The van der Waals surface area contributed by atoms with E-state index in [4.69, 9.17) is 9.15 Å². The van der Waals surface area contributed by atoms with Crippen molar-refractivity contribution in [1.29, 1.82) is 0 Å². The fraction of sp³-hybridized carbons (Fsp3) is 0.0870. The number of benzene rings is 2. The van der Waals surface area contributed by atoms with E-state index in [1.807, 2.05) is 61.5 Å². The minimum atomic E-state index is -0.717. The van der Waals surface area contributed by atoms with E-state index in [2.05, 4.69) is 10.5 Å². The minimum Gasteiger partial charge on any atom is -0.464 e. The van der Waals surface area contributed by atoms with Crippen molar-refractivity contribution in [3.05, 3.63) is 107 Å². The molecule has 0 bridgehead atoms. The lowest BCUT2D eigenvalue weighted by atomic mass is 9.98. The topological polar surface area (TPSA) is 80.9 Å². The van der Waals surface area contributed by atoms with Crippen molar-refractivity contribution in [3.8, 4) is 0 Å². The molecule has 0 spiro atoms. The maximum atomic E-state index is 12.3. The van der Waals surface area contributed by atoms with Gasteiger partial charge in [-0.3, -0.25) is 10.2 Å². The average molecular weight is 388 g/mol. The Kier molecular flexibility index (Phi) is 6.37. The number of hydrogen-bond donors (Lipinski definition) is 1. The third kappa shape index (κ3) is 4.87. The molecule has 0 radical (unpaired) electrons. The van der Waals surface area contributed by atoms with Crippen LogP contribution >= 0.6 is 0 Å². The zero-order chi connectivity index (χ0) is 20.6. The Balaban J connectivity index is 2.00. The molecule has 0 atom stereocenters. The molecule has 3 aromatic rings. The fourth-order valence-corrected chi connectivity index (χ4v) is 2.70. The monoisotopic (exact) mass is 388 g/mol. The number of methoxy groups -OCH3 is 1. The molecular weight excluding hydrogens is 368 g/mol. The van der Waals surface area contributed by atoms with Crippen molar-refractivity contribution >= 4 is 17.5 Å². The number of hydrogen-bond acceptors (Lipinski definition) is 6. The molecule has 146 valence electrons. The number of carbonyl (C=O) groups is 2. The Morgan fingerprint density at radius 1 is 1.00 bits per heavy atom. The number of furan rings is 1. The molecule has 1 aromatic heterocycles. The second kappa shape index (κ2) is 9.32. The second-order valence-corrected chi connectivity index (χ2v) is 6.14. The molecule has 0 amide bonds. The highest BCUT2D eigenvalue weighted by Crippen LogP contribution is 2.15. The summed E-state index contributed by atoms with van der Waals surface area (Å²) in [5.74, 6) is -1.08.